The number of alkyl halides is 7. The van der Waals surface area contributed by atoms with Gasteiger partial charge in [0.15, 0.2) is 6.10 Å². The molecule has 2 amide bonds. The van der Waals surface area contributed by atoms with E-state index in [4.69, 9.17) is 0 Å². The molecule has 3 atom stereocenters. The summed E-state index contributed by atoms with van der Waals surface area (Å²) in [7, 11) is 0. The Hall–Kier alpha value is -3.94. The van der Waals surface area contributed by atoms with Gasteiger partial charge in [-0.25, -0.2) is 13.6 Å². The molecule has 3 aromatic rings. The van der Waals surface area contributed by atoms with Gasteiger partial charge >= 0.3 is 24.7 Å². The molecule has 3 rings (SSSR count). The van der Waals surface area contributed by atoms with Crippen molar-refractivity contribution in [3.63, 3.8) is 0 Å². The predicted molar refractivity (Wildman–Crippen MR) is 128 cm³/mol. The average Bonchev–Trinajstić information content (AvgIpc) is 2.87. The summed E-state index contributed by atoms with van der Waals surface area (Å²) in [6.07, 6.45) is -17.7. The third-order valence-corrected chi connectivity index (χ3v) is 6.02. The van der Waals surface area contributed by atoms with Crippen LogP contribution in [0.25, 0.3) is 0 Å². The highest BCUT2D eigenvalue weighted by atomic mass is 19.4. The Morgan fingerprint density at radius 3 is 2.05 bits per heavy atom. The molecule has 0 saturated carbocycles. The minimum absolute atomic E-state index is 0.000837. The molecule has 0 heterocycles. The number of rotatable bonds is 10. The highest BCUT2D eigenvalue weighted by Gasteiger charge is 2.45. The fraction of sp³-hybridized carbons (Fsp3) is 0.296. The van der Waals surface area contributed by atoms with Crippen LogP contribution in [0.5, 0.6) is 5.75 Å². The molecule has 0 unspecified atom stereocenters. The van der Waals surface area contributed by atoms with Crippen LogP contribution in [-0.4, -0.2) is 42.0 Å². The third-order valence-electron chi connectivity index (χ3n) is 6.02. The molecule has 5 nitrogen and oxygen atoms in total. The standard InChI is InChI=1S/C27H23F9N2O3/c1-15(22(39)26(32,33)34)37-24(40)38-25(14-16-5-3-2-4-6-16,17-7-9-19(28)10-8-17)18-11-20(29)13-21(12-18)41-27(35,36)23(30)31/h2-13,15,22-23,39H,14H2,1H3,(H2,37,38,40)/t15-,22-,25+/m0/s1. The first-order chi connectivity index (χ1) is 19.0. The van der Waals surface area contributed by atoms with Crippen LogP contribution in [0.3, 0.4) is 0 Å². The molecule has 0 radical (unpaired) electrons. The second kappa shape index (κ2) is 12.3. The van der Waals surface area contributed by atoms with Crippen LogP contribution in [0.1, 0.15) is 23.6 Å². The zero-order chi connectivity index (χ0) is 30.6. The van der Waals surface area contributed by atoms with E-state index in [0.717, 1.165) is 43.3 Å². The molecule has 0 bridgehead atoms. The minimum Gasteiger partial charge on any atom is -0.428 e. The molecular weight excluding hydrogens is 571 g/mol. The maximum Gasteiger partial charge on any atom is 0.461 e. The molecule has 222 valence electrons. The molecule has 0 saturated heterocycles. The van der Waals surface area contributed by atoms with Crippen molar-refractivity contribution in [3.05, 3.63) is 101 Å². The van der Waals surface area contributed by atoms with Gasteiger partial charge in [0.2, 0.25) is 0 Å². The van der Waals surface area contributed by atoms with Gasteiger partial charge in [-0.05, 0) is 47.9 Å². The van der Waals surface area contributed by atoms with E-state index >= 15 is 0 Å². The minimum atomic E-state index is -5.10. The lowest BCUT2D eigenvalue weighted by Gasteiger charge is -2.37. The second-order valence-corrected chi connectivity index (χ2v) is 9.09. The number of aliphatic hydroxyl groups excluding tert-OH is 1. The van der Waals surface area contributed by atoms with Gasteiger partial charge in [-0.3, -0.25) is 0 Å². The van der Waals surface area contributed by atoms with E-state index in [-0.39, 0.29) is 17.5 Å². The number of urea groups is 1. The number of halogens is 9. The van der Waals surface area contributed by atoms with Gasteiger partial charge in [-0.15, -0.1) is 0 Å². The lowest BCUT2D eigenvalue weighted by atomic mass is 9.77. The number of hydrogen-bond acceptors (Lipinski definition) is 3. The normalized spacial score (nSPS) is 15.1. The van der Waals surface area contributed by atoms with Gasteiger partial charge in [0.1, 0.15) is 17.4 Å². The van der Waals surface area contributed by atoms with E-state index in [0.29, 0.717) is 11.6 Å². The number of benzene rings is 3. The molecule has 14 heteroatoms. The highest BCUT2D eigenvalue weighted by Crippen LogP contribution is 2.38. The largest absolute Gasteiger partial charge is 0.461 e. The van der Waals surface area contributed by atoms with Crippen molar-refractivity contribution in [2.24, 2.45) is 0 Å². The van der Waals surface area contributed by atoms with E-state index < -0.39 is 59.8 Å². The number of carbonyl (C=O) groups is 1. The van der Waals surface area contributed by atoms with Crippen molar-refractivity contribution in [2.45, 2.75) is 49.7 Å². The molecule has 3 N–H and O–H groups in total. The van der Waals surface area contributed by atoms with E-state index in [1.165, 1.54) is 0 Å². The topological polar surface area (TPSA) is 70.6 Å². The highest BCUT2D eigenvalue weighted by molar-refractivity contribution is 5.76. The smallest absolute Gasteiger partial charge is 0.428 e. The lowest BCUT2D eigenvalue weighted by molar-refractivity contribution is -0.253. The molecule has 0 aromatic heterocycles. The van der Waals surface area contributed by atoms with Crippen LogP contribution < -0.4 is 15.4 Å². The number of hydrogen-bond donors (Lipinski definition) is 3. The predicted octanol–water partition coefficient (Wildman–Crippen LogP) is 6.30. The molecule has 0 aliphatic heterocycles. The van der Waals surface area contributed by atoms with Crippen molar-refractivity contribution in [2.75, 3.05) is 0 Å². The molecule has 3 aromatic carbocycles. The van der Waals surface area contributed by atoms with Crippen molar-refractivity contribution in [1.29, 1.82) is 0 Å². The van der Waals surface area contributed by atoms with Crippen LogP contribution in [-0.2, 0) is 12.0 Å². The fourth-order valence-electron chi connectivity index (χ4n) is 4.06. The Balaban J connectivity index is 2.20. The molecule has 41 heavy (non-hydrogen) atoms. The molecule has 0 spiro atoms. The summed E-state index contributed by atoms with van der Waals surface area (Å²) in [6.45, 7) is 0.856. The zero-order valence-corrected chi connectivity index (χ0v) is 21.0. The summed E-state index contributed by atoms with van der Waals surface area (Å²) in [5.41, 5.74) is -1.99. The first-order valence-corrected chi connectivity index (χ1v) is 11.8. The van der Waals surface area contributed by atoms with Crippen molar-refractivity contribution in [1.82, 2.24) is 10.6 Å². The van der Waals surface area contributed by atoms with Crippen LogP contribution in [0.2, 0.25) is 0 Å². The third kappa shape index (κ3) is 7.84. The number of carbonyl (C=O) groups excluding carboxylic acids is 1. The number of amides is 2. The molecular formula is C27H23F9N2O3. The Morgan fingerprint density at radius 2 is 1.49 bits per heavy atom. The van der Waals surface area contributed by atoms with Crippen molar-refractivity contribution in [3.8, 4) is 5.75 Å². The van der Waals surface area contributed by atoms with Crippen molar-refractivity contribution < 1.29 is 54.2 Å². The zero-order valence-electron chi connectivity index (χ0n) is 21.0. The van der Waals surface area contributed by atoms with Gasteiger partial charge in [-0.2, -0.15) is 30.7 Å². The summed E-state index contributed by atoms with van der Waals surface area (Å²) in [4.78, 5) is 13.1. The first-order valence-electron chi connectivity index (χ1n) is 11.8. The van der Waals surface area contributed by atoms with Crippen LogP contribution in [0, 0.1) is 11.6 Å². The number of ether oxygens (including phenoxy) is 1. The molecule has 0 aliphatic carbocycles. The Labute approximate surface area is 227 Å². The van der Waals surface area contributed by atoms with Gasteiger partial charge in [-0.1, -0.05) is 42.5 Å². The van der Waals surface area contributed by atoms with Gasteiger partial charge in [0.25, 0.3) is 0 Å². The van der Waals surface area contributed by atoms with Crippen LogP contribution in [0.4, 0.5) is 44.3 Å². The van der Waals surface area contributed by atoms with E-state index in [1.54, 1.807) is 30.3 Å². The van der Waals surface area contributed by atoms with E-state index in [2.05, 4.69) is 10.1 Å². The van der Waals surface area contributed by atoms with E-state index in [1.807, 2.05) is 5.32 Å². The maximum atomic E-state index is 14.8. The van der Waals surface area contributed by atoms with E-state index in [9.17, 15) is 49.4 Å². The average molecular weight is 594 g/mol. The Bertz CT molecular complexity index is 1320. The number of nitrogens with one attached hydrogen (secondary N) is 2. The molecule has 0 aliphatic rings. The SMILES string of the molecule is C[C@H](NC(=O)N[C@](Cc1ccccc1)(c1ccc(F)cc1)c1cc(F)cc(OC(F)(F)C(F)F)c1)[C@H](O)C(F)(F)F. The maximum absolute atomic E-state index is 14.8. The quantitative estimate of drug-likeness (QED) is 0.242. The number of aliphatic hydroxyl groups is 1. The van der Waals surface area contributed by atoms with Crippen molar-refractivity contribution >= 4 is 6.03 Å². The fourth-order valence-corrected chi connectivity index (χ4v) is 4.06. The summed E-state index contributed by atoms with van der Waals surface area (Å²) in [5, 5.41) is 13.8. The van der Waals surface area contributed by atoms with Gasteiger partial charge < -0.3 is 20.5 Å². The lowest BCUT2D eigenvalue weighted by Crippen LogP contribution is -2.56. The molecule has 0 fully saturated rings. The second-order valence-electron chi connectivity index (χ2n) is 9.09. The monoisotopic (exact) mass is 594 g/mol. The summed E-state index contributed by atoms with van der Waals surface area (Å²) in [6, 6.07) is 10.7. The van der Waals surface area contributed by atoms with Gasteiger partial charge in [0.05, 0.1) is 11.6 Å². The van der Waals surface area contributed by atoms with Gasteiger partial charge in [0, 0.05) is 12.5 Å². The first kappa shape index (κ1) is 31.6. The summed E-state index contributed by atoms with van der Waals surface area (Å²) >= 11 is 0. The Morgan fingerprint density at radius 1 is 0.878 bits per heavy atom. The summed E-state index contributed by atoms with van der Waals surface area (Å²) < 4.78 is 125. The summed E-state index contributed by atoms with van der Waals surface area (Å²) in [5.74, 6) is -3.06. The Kier molecular flexibility index (Phi) is 9.47. The van der Waals surface area contributed by atoms with Crippen LogP contribution in [0.15, 0.2) is 72.8 Å². The van der Waals surface area contributed by atoms with Crippen LogP contribution >= 0.6 is 0 Å².